The second kappa shape index (κ2) is 11.1. The van der Waals surface area contributed by atoms with E-state index in [4.69, 9.17) is 0 Å². The number of hydrogen-bond donors (Lipinski definition) is 2. The fourth-order valence-corrected chi connectivity index (χ4v) is 4.88. The summed E-state index contributed by atoms with van der Waals surface area (Å²) in [6.45, 7) is 2.35. The molecule has 0 spiro atoms. The summed E-state index contributed by atoms with van der Waals surface area (Å²) in [5.41, 5.74) is 6.16. The van der Waals surface area contributed by atoms with Gasteiger partial charge in [0.15, 0.2) is 0 Å². The van der Waals surface area contributed by atoms with Gasteiger partial charge in [0.05, 0.1) is 0 Å². The number of rotatable bonds is 8. The Morgan fingerprint density at radius 3 is 2.48 bits per heavy atom. The van der Waals surface area contributed by atoms with Gasteiger partial charge in [-0.25, -0.2) is 0 Å². The molecule has 1 amide bonds. The van der Waals surface area contributed by atoms with Crippen LogP contribution in [0, 0.1) is 6.92 Å². The number of carbonyl (C=O) groups excluding carboxylic acids is 1. The van der Waals surface area contributed by atoms with Gasteiger partial charge < -0.3 is 15.3 Å². The molecule has 4 heteroatoms. The van der Waals surface area contributed by atoms with Crippen LogP contribution in [-0.2, 0) is 11.2 Å². The highest BCUT2D eigenvalue weighted by Crippen LogP contribution is 2.38. The number of nitrogens with zero attached hydrogens (tertiary/aromatic N) is 1. The second-order valence-electron chi connectivity index (χ2n) is 8.56. The number of hydrogen-bond acceptors (Lipinski definition) is 3. The van der Waals surface area contributed by atoms with Gasteiger partial charge >= 0.3 is 0 Å². The van der Waals surface area contributed by atoms with Gasteiger partial charge in [-0.1, -0.05) is 54.6 Å². The van der Waals surface area contributed by atoms with E-state index in [1.165, 1.54) is 16.7 Å². The van der Waals surface area contributed by atoms with Crippen LogP contribution in [0.15, 0.2) is 48.5 Å². The van der Waals surface area contributed by atoms with E-state index in [1.807, 2.05) is 61.5 Å². The SMILES string of the molecule is CNc1c(CCO)ccc(C2CCC(N(C)C(=O)CC=Cc3ccccc3)CC2)c1C. The van der Waals surface area contributed by atoms with Gasteiger partial charge in [0, 0.05) is 38.9 Å². The molecule has 0 heterocycles. The lowest BCUT2D eigenvalue weighted by atomic mass is 9.79. The maximum Gasteiger partial charge on any atom is 0.226 e. The zero-order chi connectivity index (χ0) is 22.2. The van der Waals surface area contributed by atoms with Crippen LogP contribution >= 0.6 is 0 Å². The lowest BCUT2D eigenvalue weighted by molar-refractivity contribution is -0.131. The Hall–Kier alpha value is -2.59. The number of benzene rings is 2. The molecule has 1 aliphatic carbocycles. The molecule has 166 valence electrons. The first-order chi connectivity index (χ1) is 15.0. The minimum absolute atomic E-state index is 0.166. The molecule has 0 aliphatic heterocycles. The molecule has 2 N–H and O–H groups in total. The van der Waals surface area contributed by atoms with Crippen molar-refractivity contribution < 1.29 is 9.90 Å². The molecule has 4 nitrogen and oxygen atoms in total. The van der Waals surface area contributed by atoms with E-state index in [2.05, 4.69) is 24.4 Å². The van der Waals surface area contributed by atoms with Crippen molar-refractivity contribution in [1.82, 2.24) is 4.90 Å². The van der Waals surface area contributed by atoms with Gasteiger partial charge in [0.1, 0.15) is 0 Å². The summed E-state index contributed by atoms with van der Waals surface area (Å²) in [6, 6.07) is 14.8. The molecule has 3 rings (SSSR count). The summed E-state index contributed by atoms with van der Waals surface area (Å²) in [6.07, 6.45) is 9.40. The minimum Gasteiger partial charge on any atom is -0.396 e. The number of aliphatic hydroxyl groups is 1. The van der Waals surface area contributed by atoms with E-state index in [-0.39, 0.29) is 12.5 Å². The topological polar surface area (TPSA) is 52.6 Å². The summed E-state index contributed by atoms with van der Waals surface area (Å²) >= 11 is 0. The van der Waals surface area contributed by atoms with Crippen molar-refractivity contribution in [2.75, 3.05) is 26.0 Å². The largest absolute Gasteiger partial charge is 0.396 e. The van der Waals surface area contributed by atoms with Crippen molar-refractivity contribution >= 4 is 17.7 Å². The number of amides is 1. The first-order valence-electron chi connectivity index (χ1n) is 11.4. The molecule has 1 saturated carbocycles. The van der Waals surface area contributed by atoms with E-state index in [0.717, 1.165) is 36.9 Å². The summed E-state index contributed by atoms with van der Waals surface area (Å²) in [5, 5.41) is 12.7. The van der Waals surface area contributed by atoms with Gasteiger partial charge in [0.2, 0.25) is 5.91 Å². The average Bonchev–Trinajstić information content (AvgIpc) is 2.80. The molecule has 1 fully saturated rings. The molecule has 1 aliphatic rings. The van der Waals surface area contributed by atoms with Crippen LogP contribution in [0.2, 0.25) is 0 Å². The highest BCUT2D eigenvalue weighted by Gasteiger charge is 2.28. The Labute approximate surface area is 187 Å². The summed E-state index contributed by atoms with van der Waals surface area (Å²) in [7, 11) is 3.91. The molecular formula is C27H36N2O2. The predicted octanol–water partition coefficient (Wildman–Crippen LogP) is 5.16. The van der Waals surface area contributed by atoms with Crippen LogP contribution in [0.25, 0.3) is 6.08 Å². The monoisotopic (exact) mass is 420 g/mol. The quantitative estimate of drug-likeness (QED) is 0.620. The second-order valence-corrected chi connectivity index (χ2v) is 8.56. The molecule has 0 bridgehead atoms. The van der Waals surface area contributed by atoms with Crippen LogP contribution in [0.1, 0.15) is 60.3 Å². The Kier molecular flexibility index (Phi) is 8.30. The Bertz CT molecular complexity index is 884. The molecule has 0 radical (unpaired) electrons. The van der Waals surface area contributed by atoms with Crippen LogP contribution < -0.4 is 5.32 Å². The molecule has 31 heavy (non-hydrogen) atoms. The maximum absolute atomic E-state index is 12.7. The molecular weight excluding hydrogens is 384 g/mol. The van der Waals surface area contributed by atoms with Crippen molar-refractivity contribution in [3.05, 3.63) is 70.8 Å². The third kappa shape index (κ3) is 5.76. The molecule has 0 unspecified atom stereocenters. The number of nitrogens with one attached hydrogen (secondary N) is 1. The van der Waals surface area contributed by atoms with E-state index in [1.54, 1.807) is 0 Å². The standard InChI is InChI=1S/C27H36N2O2/c1-20-25(17-14-23(18-19-30)27(20)28-2)22-12-15-24(16-13-22)29(3)26(31)11-7-10-21-8-5-4-6-9-21/h4-10,14,17,22,24,28,30H,11-13,15-16,18-19H2,1-3H3. The van der Waals surface area contributed by atoms with Crippen molar-refractivity contribution in [2.24, 2.45) is 0 Å². The lowest BCUT2D eigenvalue weighted by Gasteiger charge is -2.35. The molecule has 0 atom stereocenters. The zero-order valence-electron chi connectivity index (χ0n) is 19.1. The maximum atomic E-state index is 12.7. The third-order valence-corrected chi connectivity index (χ3v) is 6.70. The van der Waals surface area contributed by atoms with Crippen LogP contribution in [0.3, 0.4) is 0 Å². The smallest absolute Gasteiger partial charge is 0.226 e. The van der Waals surface area contributed by atoms with Crippen molar-refractivity contribution in [3.63, 3.8) is 0 Å². The predicted molar refractivity (Wildman–Crippen MR) is 129 cm³/mol. The highest BCUT2D eigenvalue weighted by molar-refractivity contribution is 5.78. The first-order valence-corrected chi connectivity index (χ1v) is 11.4. The molecule has 0 aromatic heterocycles. The van der Waals surface area contributed by atoms with E-state index in [9.17, 15) is 9.90 Å². The third-order valence-electron chi connectivity index (χ3n) is 6.70. The number of aliphatic hydroxyl groups excluding tert-OH is 1. The van der Waals surface area contributed by atoms with E-state index in [0.29, 0.717) is 24.8 Å². The van der Waals surface area contributed by atoms with Gasteiger partial charge in [0.25, 0.3) is 0 Å². The van der Waals surface area contributed by atoms with Gasteiger partial charge in [-0.05, 0) is 67.2 Å². The molecule has 0 saturated heterocycles. The van der Waals surface area contributed by atoms with Crippen LogP contribution in [0.4, 0.5) is 5.69 Å². The fourth-order valence-electron chi connectivity index (χ4n) is 4.88. The Morgan fingerprint density at radius 1 is 1.13 bits per heavy atom. The Balaban J connectivity index is 1.56. The van der Waals surface area contributed by atoms with Crippen molar-refractivity contribution in [2.45, 2.75) is 57.4 Å². The lowest BCUT2D eigenvalue weighted by Crippen LogP contribution is -2.39. The van der Waals surface area contributed by atoms with Crippen LogP contribution in [0.5, 0.6) is 0 Å². The molecule has 2 aromatic carbocycles. The zero-order valence-corrected chi connectivity index (χ0v) is 19.1. The highest BCUT2D eigenvalue weighted by atomic mass is 16.3. The normalized spacial score (nSPS) is 18.8. The van der Waals surface area contributed by atoms with Crippen LogP contribution in [-0.4, -0.2) is 42.7 Å². The van der Waals surface area contributed by atoms with Gasteiger partial charge in [-0.15, -0.1) is 0 Å². The minimum atomic E-state index is 0.166. The summed E-state index contributed by atoms with van der Waals surface area (Å²) in [4.78, 5) is 14.6. The average molecular weight is 421 g/mol. The first kappa shape index (κ1) is 23.1. The van der Waals surface area contributed by atoms with Gasteiger partial charge in [-0.2, -0.15) is 0 Å². The molecule has 2 aromatic rings. The van der Waals surface area contributed by atoms with Gasteiger partial charge in [-0.3, -0.25) is 4.79 Å². The number of anilines is 1. The summed E-state index contributed by atoms with van der Waals surface area (Å²) in [5.74, 6) is 0.727. The van der Waals surface area contributed by atoms with Crippen molar-refractivity contribution in [3.8, 4) is 0 Å². The van der Waals surface area contributed by atoms with E-state index >= 15 is 0 Å². The summed E-state index contributed by atoms with van der Waals surface area (Å²) < 4.78 is 0. The number of carbonyl (C=O) groups is 1. The fraction of sp³-hybridized carbons (Fsp3) is 0.444. The van der Waals surface area contributed by atoms with E-state index < -0.39 is 0 Å². The van der Waals surface area contributed by atoms with Crippen molar-refractivity contribution in [1.29, 1.82) is 0 Å². The Morgan fingerprint density at radius 2 is 1.84 bits per heavy atom.